The Morgan fingerprint density at radius 2 is 2.25 bits per heavy atom. The molecule has 0 bridgehead atoms. The molecule has 0 spiro atoms. The lowest BCUT2D eigenvalue weighted by atomic mass is 10.4. The van der Waals surface area contributed by atoms with Gasteiger partial charge in [0.1, 0.15) is 15.8 Å². The van der Waals surface area contributed by atoms with Crippen molar-refractivity contribution < 1.29 is 14.3 Å². The smallest absolute Gasteiger partial charge is 0.349 e. The van der Waals surface area contributed by atoms with Crippen LogP contribution in [0.1, 0.15) is 20.4 Å². The highest BCUT2D eigenvalue weighted by Crippen LogP contribution is 2.18. The van der Waals surface area contributed by atoms with Crippen LogP contribution in [0.2, 0.25) is 0 Å². The first kappa shape index (κ1) is 12.9. The molecule has 5 nitrogen and oxygen atoms in total. The fourth-order valence-electron chi connectivity index (χ4n) is 1.03. The minimum Gasteiger partial charge on any atom is -0.465 e. The number of nitrogens with zero attached hydrogens (tertiary/aromatic N) is 1. The number of rotatable bonds is 4. The molecule has 0 saturated carbocycles. The van der Waals surface area contributed by atoms with Crippen LogP contribution in [0.4, 0.5) is 0 Å². The maximum Gasteiger partial charge on any atom is 0.349 e. The van der Waals surface area contributed by atoms with E-state index in [4.69, 9.17) is 11.6 Å². The summed E-state index contributed by atoms with van der Waals surface area (Å²) in [7, 11) is 1.32. The van der Waals surface area contributed by atoms with Crippen LogP contribution in [0.15, 0.2) is 0 Å². The van der Waals surface area contributed by atoms with E-state index in [9.17, 15) is 9.59 Å². The van der Waals surface area contributed by atoms with Gasteiger partial charge in [0.25, 0.3) is 0 Å². The van der Waals surface area contributed by atoms with E-state index in [0.29, 0.717) is 15.6 Å². The van der Waals surface area contributed by atoms with Gasteiger partial charge in [-0.2, -0.15) is 0 Å². The quantitative estimate of drug-likeness (QED) is 0.652. The first-order chi connectivity index (χ1) is 7.58. The van der Waals surface area contributed by atoms with Crippen LogP contribution in [0.5, 0.6) is 0 Å². The average molecular weight is 263 g/mol. The van der Waals surface area contributed by atoms with Gasteiger partial charge >= 0.3 is 5.97 Å². The van der Waals surface area contributed by atoms with Gasteiger partial charge in [-0.1, -0.05) is 0 Å². The Morgan fingerprint density at radius 1 is 1.56 bits per heavy atom. The summed E-state index contributed by atoms with van der Waals surface area (Å²) >= 11 is 6.53. The standard InChI is InChI=1S/C9H11ClN2O3S/c1-5-8(9(14)15-2)16-7(12-5)4-11-6(13)3-10/h3-4H2,1-2H3,(H,11,13). The summed E-state index contributed by atoms with van der Waals surface area (Å²) in [6, 6.07) is 0. The molecule has 0 atom stereocenters. The van der Waals surface area contributed by atoms with Crippen molar-refractivity contribution in [2.75, 3.05) is 13.0 Å². The highest BCUT2D eigenvalue weighted by molar-refractivity contribution is 7.13. The van der Waals surface area contributed by atoms with Crippen molar-refractivity contribution in [1.82, 2.24) is 10.3 Å². The topological polar surface area (TPSA) is 68.3 Å². The van der Waals surface area contributed by atoms with Crippen molar-refractivity contribution in [3.8, 4) is 0 Å². The molecule has 0 radical (unpaired) electrons. The second-order valence-electron chi connectivity index (χ2n) is 2.92. The first-order valence-corrected chi connectivity index (χ1v) is 5.81. The molecule has 1 aromatic heterocycles. The van der Waals surface area contributed by atoms with Crippen molar-refractivity contribution in [1.29, 1.82) is 0 Å². The number of thiazole rings is 1. The molecule has 1 heterocycles. The van der Waals surface area contributed by atoms with Gasteiger partial charge in [0.2, 0.25) is 5.91 Å². The van der Waals surface area contributed by atoms with Crippen molar-refractivity contribution >= 4 is 34.8 Å². The van der Waals surface area contributed by atoms with Crippen molar-refractivity contribution in [3.05, 3.63) is 15.6 Å². The number of carbonyl (C=O) groups is 2. The predicted octanol–water partition coefficient (Wildman–Crippen LogP) is 1.09. The second kappa shape index (κ2) is 5.81. The van der Waals surface area contributed by atoms with Gasteiger partial charge in [0.15, 0.2) is 0 Å². The zero-order chi connectivity index (χ0) is 12.1. The van der Waals surface area contributed by atoms with Crippen LogP contribution in [0.25, 0.3) is 0 Å². The molecule has 0 aromatic carbocycles. The Labute approximate surface area is 102 Å². The van der Waals surface area contributed by atoms with E-state index in [1.54, 1.807) is 6.92 Å². The molecule has 7 heteroatoms. The minimum atomic E-state index is -0.412. The number of aromatic nitrogens is 1. The van der Waals surface area contributed by atoms with Crippen molar-refractivity contribution in [3.63, 3.8) is 0 Å². The third-order valence-corrected chi connectivity index (χ3v) is 3.15. The highest BCUT2D eigenvalue weighted by Gasteiger charge is 2.15. The zero-order valence-electron chi connectivity index (χ0n) is 8.87. The number of alkyl halides is 1. The van der Waals surface area contributed by atoms with Crippen LogP contribution < -0.4 is 5.32 Å². The maximum absolute atomic E-state index is 11.3. The maximum atomic E-state index is 11.3. The van der Waals surface area contributed by atoms with Crippen LogP contribution in [0.3, 0.4) is 0 Å². The summed E-state index contributed by atoms with van der Waals surface area (Å²) < 4.78 is 4.60. The summed E-state index contributed by atoms with van der Waals surface area (Å²) in [5.41, 5.74) is 0.604. The number of amides is 1. The first-order valence-electron chi connectivity index (χ1n) is 4.45. The number of aryl methyl sites for hydroxylation is 1. The van der Waals surface area contributed by atoms with E-state index in [1.807, 2.05) is 0 Å². The number of esters is 1. The SMILES string of the molecule is COC(=O)c1sc(CNC(=O)CCl)nc1C. The fourth-order valence-corrected chi connectivity index (χ4v) is 2.05. The van der Waals surface area contributed by atoms with Gasteiger partial charge in [-0.05, 0) is 6.92 Å². The summed E-state index contributed by atoms with van der Waals surface area (Å²) in [5, 5.41) is 3.22. The number of nitrogens with one attached hydrogen (secondary N) is 1. The molecule has 1 amide bonds. The van der Waals surface area contributed by atoms with Crippen LogP contribution in [-0.2, 0) is 16.1 Å². The van der Waals surface area contributed by atoms with Gasteiger partial charge in [0, 0.05) is 0 Å². The van der Waals surface area contributed by atoms with Gasteiger partial charge < -0.3 is 10.1 Å². The van der Waals surface area contributed by atoms with Crippen LogP contribution >= 0.6 is 22.9 Å². The number of hydrogen-bond acceptors (Lipinski definition) is 5. The van der Waals surface area contributed by atoms with Gasteiger partial charge in [-0.3, -0.25) is 4.79 Å². The number of carbonyl (C=O) groups excluding carboxylic acids is 2. The predicted molar refractivity (Wildman–Crippen MR) is 60.8 cm³/mol. The number of methoxy groups -OCH3 is 1. The van der Waals surface area contributed by atoms with Crippen molar-refractivity contribution in [2.45, 2.75) is 13.5 Å². The largest absolute Gasteiger partial charge is 0.465 e. The Hall–Kier alpha value is -1.14. The molecule has 1 aromatic rings. The minimum absolute atomic E-state index is 0.0891. The zero-order valence-corrected chi connectivity index (χ0v) is 10.4. The van der Waals surface area contributed by atoms with E-state index in [0.717, 1.165) is 0 Å². The Morgan fingerprint density at radius 3 is 2.81 bits per heavy atom. The van der Waals surface area contributed by atoms with Crippen LogP contribution in [-0.4, -0.2) is 29.9 Å². The van der Waals surface area contributed by atoms with E-state index in [2.05, 4.69) is 15.0 Å². The molecule has 0 aliphatic heterocycles. The molecule has 1 N–H and O–H groups in total. The molecule has 16 heavy (non-hydrogen) atoms. The lowest BCUT2D eigenvalue weighted by Gasteiger charge is -1.97. The number of hydrogen-bond donors (Lipinski definition) is 1. The highest BCUT2D eigenvalue weighted by atomic mass is 35.5. The molecular weight excluding hydrogens is 252 g/mol. The summed E-state index contributed by atoms with van der Waals surface area (Å²) in [5.74, 6) is -0.770. The molecule has 0 fully saturated rings. The Bertz CT molecular complexity index is 405. The fraction of sp³-hybridized carbons (Fsp3) is 0.444. The molecule has 0 aliphatic rings. The van der Waals surface area contributed by atoms with E-state index >= 15 is 0 Å². The summed E-state index contributed by atoms with van der Waals surface area (Å²) in [6.07, 6.45) is 0. The normalized spacial score (nSPS) is 9.94. The Kier molecular flexibility index (Phi) is 4.70. The molecule has 1 rings (SSSR count). The van der Waals surface area contributed by atoms with E-state index in [-0.39, 0.29) is 18.3 Å². The molecule has 88 valence electrons. The summed E-state index contributed by atoms with van der Waals surface area (Å²) in [6.45, 7) is 1.99. The summed E-state index contributed by atoms with van der Waals surface area (Å²) in [4.78, 5) is 26.8. The molecular formula is C9H11ClN2O3S. The van der Waals surface area contributed by atoms with Gasteiger partial charge in [-0.15, -0.1) is 22.9 Å². The Balaban J connectivity index is 2.69. The third kappa shape index (κ3) is 3.18. The molecule has 0 unspecified atom stereocenters. The monoisotopic (exact) mass is 262 g/mol. The van der Waals surface area contributed by atoms with E-state index < -0.39 is 5.97 Å². The lowest BCUT2D eigenvalue weighted by molar-refractivity contribution is -0.118. The number of ether oxygens (including phenoxy) is 1. The van der Waals surface area contributed by atoms with E-state index in [1.165, 1.54) is 18.4 Å². The number of halogens is 1. The third-order valence-electron chi connectivity index (χ3n) is 1.77. The average Bonchev–Trinajstić information content (AvgIpc) is 2.66. The van der Waals surface area contributed by atoms with Crippen LogP contribution in [0, 0.1) is 6.92 Å². The van der Waals surface area contributed by atoms with Gasteiger partial charge in [-0.25, -0.2) is 9.78 Å². The molecule has 0 aliphatic carbocycles. The van der Waals surface area contributed by atoms with Gasteiger partial charge in [0.05, 0.1) is 19.3 Å². The second-order valence-corrected chi connectivity index (χ2v) is 4.27. The molecule has 0 saturated heterocycles. The van der Waals surface area contributed by atoms with Crippen molar-refractivity contribution in [2.24, 2.45) is 0 Å². The lowest BCUT2D eigenvalue weighted by Crippen LogP contribution is -2.23.